The lowest BCUT2D eigenvalue weighted by Crippen LogP contribution is -2.34. The molecule has 5 heteroatoms. The van der Waals surface area contributed by atoms with Gasteiger partial charge in [-0.05, 0) is 25.5 Å². The highest BCUT2D eigenvalue weighted by Gasteiger charge is 2.12. The van der Waals surface area contributed by atoms with E-state index in [0.29, 0.717) is 11.2 Å². The zero-order valence-electron chi connectivity index (χ0n) is 11.1. The first kappa shape index (κ1) is 13.3. The summed E-state index contributed by atoms with van der Waals surface area (Å²) in [6.45, 7) is 4.15. The van der Waals surface area contributed by atoms with Crippen LogP contribution in [-0.2, 0) is 11.3 Å². The predicted octanol–water partition coefficient (Wildman–Crippen LogP) is 1.76. The van der Waals surface area contributed by atoms with Crippen LogP contribution in [0, 0.1) is 0 Å². The summed E-state index contributed by atoms with van der Waals surface area (Å²) in [6, 6.07) is 3.75. The number of nitrogens with one attached hydrogen (secondary N) is 1. The summed E-state index contributed by atoms with van der Waals surface area (Å²) >= 11 is 0. The maximum Gasteiger partial charge on any atom is 0.240 e. The average Bonchev–Trinajstić information content (AvgIpc) is 2.77. The second-order valence-corrected chi connectivity index (χ2v) is 4.58. The van der Waals surface area contributed by atoms with Crippen LogP contribution in [0.5, 0.6) is 0 Å². The lowest BCUT2D eigenvalue weighted by atomic mass is 10.2. The Morgan fingerprint density at radius 2 is 2.37 bits per heavy atom. The van der Waals surface area contributed by atoms with Crippen LogP contribution >= 0.6 is 0 Å². The third kappa shape index (κ3) is 2.81. The van der Waals surface area contributed by atoms with Crippen LogP contribution in [0.3, 0.4) is 0 Å². The molecule has 2 aromatic heterocycles. The van der Waals surface area contributed by atoms with E-state index in [1.165, 1.54) is 0 Å². The Bertz CT molecular complexity index is 604. The molecule has 1 amide bonds. The average molecular weight is 259 g/mol. The zero-order valence-corrected chi connectivity index (χ0v) is 11.1. The summed E-state index contributed by atoms with van der Waals surface area (Å²) < 4.78 is 1.71. The van der Waals surface area contributed by atoms with E-state index < -0.39 is 0 Å². The van der Waals surface area contributed by atoms with Crippen molar-refractivity contribution in [3.8, 4) is 0 Å². The van der Waals surface area contributed by atoms with Crippen molar-refractivity contribution in [3.05, 3.63) is 30.1 Å². The van der Waals surface area contributed by atoms with Gasteiger partial charge in [0.2, 0.25) is 5.91 Å². The minimum Gasteiger partial charge on any atom is -0.352 e. The summed E-state index contributed by atoms with van der Waals surface area (Å²) in [4.78, 5) is 27.1. The van der Waals surface area contributed by atoms with Crippen molar-refractivity contribution in [2.45, 2.75) is 32.9 Å². The Labute approximate surface area is 111 Å². The van der Waals surface area contributed by atoms with E-state index in [2.05, 4.69) is 10.3 Å². The zero-order chi connectivity index (χ0) is 13.8. The van der Waals surface area contributed by atoms with Crippen molar-refractivity contribution in [3.63, 3.8) is 0 Å². The van der Waals surface area contributed by atoms with Crippen molar-refractivity contribution >= 4 is 23.2 Å². The number of carbonyl (C=O) groups is 2. The van der Waals surface area contributed by atoms with Gasteiger partial charge in [-0.3, -0.25) is 9.59 Å². The number of hydrogen-bond donors (Lipinski definition) is 1. The maximum absolute atomic E-state index is 11.9. The highest BCUT2D eigenvalue weighted by molar-refractivity contribution is 5.96. The monoisotopic (exact) mass is 259 g/mol. The number of amides is 1. The summed E-state index contributed by atoms with van der Waals surface area (Å²) in [6.07, 6.45) is 4.99. The molecule has 5 nitrogen and oxygen atoms in total. The molecule has 2 heterocycles. The van der Waals surface area contributed by atoms with Crippen LogP contribution in [0.25, 0.3) is 11.0 Å². The summed E-state index contributed by atoms with van der Waals surface area (Å²) in [5.41, 5.74) is 1.21. The van der Waals surface area contributed by atoms with Crippen LogP contribution in [0.15, 0.2) is 24.5 Å². The predicted molar refractivity (Wildman–Crippen MR) is 73.0 cm³/mol. The van der Waals surface area contributed by atoms with Crippen molar-refractivity contribution in [1.29, 1.82) is 0 Å². The number of aldehydes is 1. The Morgan fingerprint density at radius 1 is 1.58 bits per heavy atom. The van der Waals surface area contributed by atoms with Gasteiger partial charge in [0.25, 0.3) is 0 Å². The number of aromatic nitrogens is 2. The molecule has 0 radical (unpaired) electrons. The van der Waals surface area contributed by atoms with Gasteiger partial charge in [0, 0.05) is 29.4 Å². The first-order chi connectivity index (χ1) is 9.15. The van der Waals surface area contributed by atoms with Crippen molar-refractivity contribution < 1.29 is 9.59 Å². The second-order valence-electron chi connectivity index (χ2n) is 4.58. The van der Waals surface area contributed by atoms with E-state index >= 15 is 0 Å². The van der Waals surface area contributed by atoms with Crippen LogP contribution in [0.1, 0.15) is 30.6 Å². The number of hydrogen-bond acceptors (Lipinski definition) is 3. The van der Waals surface area contributed by atoms with Gasteiger partial charge < -0.3 is 9.88 Å². The summed E-state index contributed by atoms with van der Waals surface area (Å²) in [5, 5.41) is 3.67. The van der Waals surface area contributed by atoms with E-state index in [4.69, 9.17) is 0 Å². The highest BCUT2D eigenvalue weighted by Crippen LogP contribution is 2.17. The molecule has 100 valence electrons. The molecule has 1 unspecified atom stereocenters. The summed E-state index contributed by atoms with van der Waals surface area (Å²) in [7, 11) is 0. The fraction of sp³-hybridized carbons (Fsp3) is 0.357. The minimum absolute atomic E-state index is 0.0747. The maximum atomic E-state index is 11.9. The molecular weight excluding hydrogens is 242 g/mol. The van der Waals surface area contributed by atoms with Crippen LogP contribution in [0.2, 0.25) is 0 Å². The van der Waals surface area contributed by atoms with Gasteiger partial charge in [0.05, 0.1) is 0 Å². The molecule has 2 rings (SSSR count). The quantitative estimate of drug-likeness (QED) is 0.832. The fourth-order valence-corrected chi connectivity index (χ4v) is 1.94. The second kappa shape index (κ2) is 5.65. The van der Waals surface area contributed by atoms with Gasteiger partial charge in [-0.1, -0.05) is 6.92 Å². The molecule has 0 aliphatic carbocycles. The minimum atomic E-state index is -0.0747. The van der Waals surface area contributed by atoms with Gasteiger partial charge in [0.15, 0.2) is 6.29 Å². The van der Waals surface area contributed by atoms with Gasteiger partial charge in [-0.15, -0.1) is 0 Å². The van der Waals surface area contributed by atoms with E-state index in [1.54, 1.807) is 23.0 Å². The Morgan fingerprint density at radius 3 is 3.05 bits per heavy atom. The van der Waals surface area contributed by atoms with E-state index in [-0.39, 0.29) is 18.5 Å². The molecule has 1 N–H and O–H groups in total. The first-order valence-corrected chi connectivity index (χ1v) is 6.34. The Balaban J connectivity index is 2.26. The van der Waals surface area contributed by atoms with Gasteiger partial charge in [0.1, 0.15) is 12.2 Å². The smallest absolute Gasteiger partial charge is 0.240 e. The third-order valence-corrected chi connectivity index (χ3v) is 3.13. The van der Waals surface area contributed by atoms with Crippen LogP contribution < -0.4 is 5.32 Å². The van der Waals surface area contributed by atoms with Crippen molar-refractivity contribution in [2.75, 3.05) is 0 Å². The SMILES string of the molecule is CCC(C)NC(=O)Cn1cc(C=O)c2cccnc21. The molecule has 0 saturated carbocycles. The molecule has 0 fully saturated rings. The number of fused-ring (bicyclic) bond motifs is 1. The highest BCUT2D eigenvalue weighted by atomic mass is 16.2. The molecule has 0 spiro atoms. The lowest BCUT2D eigenvalue weighted by molar-refractivity contribution is -0.122. The topological polar surface area (TPSA) is 64.0 Å². The van der Waals surface area contributed by atoms with E-state index in [1.807, 2.05) is 19.9 Å². The first-order valence-electron chi connectivity index (χ1n) is 6.34. The molecular formula is C14H17N3O2. The Kier molecular flexibility index (Phi) is 3.94. The van der Waals surface area contributed by atoms with E-state index in [9.17, 15) is 9.59 Å². The number of pyridine rings is 1. The van der Waals surface area contributed by atoms with Gasteiger partial charge in [-0.2, -0.15) is 0 Å². The van der Waals surface area contributed by atoms with Crippen molar-refractivity contribution in [1.82, 2.24) is 14.9 Å². The van der Waals surface area contributed by atoms with Crippen LogP contribution in [0.4, 0.5) is 0 Å². The molecule has 19 heavy (non-hydrogen) atoms. The third-order valence-electron chi connectivity index (χ3n) is 3.13. The molecule has 0 saturated heterocycles. The van der Waals surface area contributed by atoms with Gasteiger partial charge in [-0.25, -0.2) is 4.98 Å². The van der Waals surface area contributed by atoms with E-state index in [0.717, 1.165) is 18.1 Å². The van der Waals surface area contributed by atoms with Crippen molar-refractivity contribution in [2.24, 2.45) is 0 Å². The summed E-state index contributed by atoms with van der Waals surface area (Å²) in [5.74, 6) is -0.0747. The number of carbonyl (C=O) groups excluding carboxylic acids is 2. The molecule has 0 bridgehead atoms. The molecule has 0 aliphatic heterocycles. The Hall–Kier alpha value is -2.17. The largest absolute Gasteiger partial charge is 0.352 e. The number of nitrogens with zero attached hydrogens (tertiary/aromatic N) is 2. The molecule has 0 aliphatic rings. The number of rotatable bonds is 5. The van der Waals surface area contributed by atoms with Crippen LogP contribution in [-0.4, -0.2) is 27.8 Å². The fourth-order valence-electron chi connectivity index (χ4n) is 1.94. The molecule has 0 aromatic carbocycles. The standard InChI is InChI=1S/C14H17N3O2/c1-3-10(2)16-13(19)8-17-7-11(9-18)12-5-4-6-15-14(12)17/h4-7,9-10H,3,8H2,1-2H3,(H,16,19). The molecule has 1 atom stereocenters. The normalized spacial score (nSPS) is 12.3. The lowest BCUT2D eigenvalue weighted by Gasteiger charge is -2.11. The van der Waals surface area contributed by atoms with Gasteiger partial charge >= 0.3 is 0 Å². The molecule has 2 aromatic rings.